The zero-order valence-electron chi connectivity index (χ0n) is 20.9. The van der Waals surface area contributed by atoms with E-state index in [4.69, 9.17) is 0 Å². The number of ketones is 1. The first kappa shape index (κ1) is 22.3. The lowest BCUT2D eigenvalue weighted by Crippen LogP contribution is -2.13. The van der Waals surface area contributed by atoms with Crippen molar-refractivity contribution in [2.45, 2.75) is 13.1 Å². The van der Waals surface area contributed by atoms with E-state index >= 15 is 0 Å². The highest BCUT2D eigenvalue weighted by Crippen LogP contribution is 2.48. The molecule has 0 saturated carbocycles. The summed E-state index contributed by atoms with van der Waals surface area (Å²) in [7, 11) is 0. The Kier molecular flexibility index (Phi) is 5.41. The Hall–Kier alpha value is -4.89. The first-order chi connectivity index (χ1) is 18.8. The Labute approximate surface area is 222 Å². The van der Waals surface area contributed by atoms with E-state index in [1.165, 1.54) is 11.1 Å². The monoisotopic (exact) mass is 490 g/mol. The maximum atomic E-state index is 14.1. The molecule has 1 N–H and O–H groups in total. The average Bonchev–Trinajstić information content (AvgIpc) is 3.30. The van der Waals surface area contributed by atoms with Crippen LogP contribution in [-0.2, 0) is 13.1 Å². The van der Waals surface area contributed by atoms with Crippen LogP contribution >= 0.6 is 0 Å². The largest absolute Gasteiger partial charge is 0.380 e. The van der Waals surface area contributed by atoms with E-state index in [2.05, 4.69) is 88.7 Å². The Balaban J connectivity index is 1.48. The van der Waals surface area contributed by atoms with Crippen molar-refractivity contribution in [3.63, 3.8) is 0 Å². The van der Waals surface area contributed by atoms with Gasteiger partial charge >= 0.3 is 0 Å². The van der Waals surface area contributed by atoms with Crippen molar-refractivity contribution in [1.82, 2.24) is 4.57 Å². The Morgan fingerprint density at radius 1 is 0.579 bits per heavy atom. The zero-order valence-corrected chi connectivity index (χ0v) is 20.9. The minimum absolute atomic E-state index is 0.0748. The summed E-state index contributed by atoms with van der Waals surface area (Å²) in [6.45, 7) is 1.38. The molecule has 7 rings (SSSR count). The van der Waals surface area contributed by atoms with Gasteiger partial charge in [0.15, 0.2) is 5.78 Å². The lowest BCUT2D eigenvalue weighted by atomic mass is 9.83. The summed E-state index contributed by atoms with van der Waals surface area (Å²) in [5.41, 5.74) is 10.3. The van der Waals surface area contributed by atoms with Crippen molar-refractivity contribution in [3.05, 3.63) is 150 Å². The SMILES string of the molecule is O=C1c2c(NCc3ccccc3)cccc2-c2c(-c3ccccc3)n(Cc3ccccc3)c3cccc1c23. The number of nitrogens with zero attached hydrogens (tertiary/aromatic N) is 1. The van der Waals surface area contributed by atoms with Crippen LogP contribution in [0.2, 0.25) is 0 Å². The quantitative estimate of drug-likeness (QED) is 0.255. The van der Waals surface area contributed by atoms with Gasteiger partial charge in [-0.1, -0.05) is 115 Å². The topological polar surface area (TPSA) is 34.0 Å². The Morgan fingerprint density at radius 3 is 1.95 bits per heavy atom. The van der Waals surface area contributed by atoms with Crippen molar-refractivity contribution in [2.24, 2.45) is 0 Å². The van der Waals surface area contributed by atoms with E-state index < -0.39 is 0 Å². The standard InChI is InChI=1S/C35H26N2O/c38-35-28-19-11-21-30-32(28)33(27-18-10-20-29(31(27)35)36-22-24-12-4-1-5-13-24)34(26-16-8-3-9-17-26)37(30)23-25-14-6-2-7-15-25/h1-21,36H,22-23H2. The van der Waals surface area contributed by atoms with Crippen molar-refractivity contribution in [2.75, 3.05) is 5.32 Å². The maximum absolute atomic E-state index is 14.1. The van der Waals surface area contributed by atoms with Crippen LogP contribution < -0.4 is 5.32 Å². The van der Waals surface area contributed by atoms with E-state index in [1.807, 2.05) is 48.5 Å². The van der Waals surface area contributed by atoms with Gasteiger partial charge in [0.25, 0.3) is 0 Å². The lowest BCUT2D eigenvalue weighted by molar-refractivity contribution is 0.104. The molecule has 0 unspecified atom stereocenters. The number of hydrogen-bond acceptors (Lipinski definition) is 2. The average molecular weight is 491 g/mol. The van der Waals surface area contributed by atoms with Gasteiger partial charge in [-0.25, -0.2) is 0 Å². The smallest absolute Gasteiger partial charge is 0.196 e. The van der Waals surface area contributed by atoms with Crippen LogP contribution in [0.15, 0.2) is 127 Å². The molecule has 6 aromatic rings. The van der Waals surface area contributed by atoms with Gasteiger partial charge in [0.2, 0.25) is 0 Å². The molecule has 0 radical (unpaired) electrons. The summed E-state index contributed by atoms with van der Waals surface area (Å²) in [6, 6.07) is 43.7. The summed E-state index contributed by atoms with van der Waals surface area (Å²) in [5.74, 6) is 0.0748. The van der Waals surface area contributed by atoms with Crippen LogP contribution in [0.3, 0.4) is 0 Å². The highest BCUT2D eigenvalue weighted by Gasteiger charge is 2.33. The highest BCUT2D eigenvalue weighted by molar-refractivity contribution is 6.29. The molecule has 0 aliphatic heterocycles. The number of carbonyl (C=O) groups excluding carboxylic acids is 1. The molecule has 38 heavy (non-hydrogen) atoms. The molecular weight excluding hydrogens is 464 g/mol. The molecular formula is C35H26N2O. The van der Waals surface area contributed by atoms with Crippen LogP contribution in [0.1, 0.15) is 27.0 Å². The summed E-state index contributed by atoms with van der Waals surface area (Å²) < 4.78 is 2.38. The summed E-state index contributed by atoms with van der Waals surface area (Å²) in [5, 5.41) is 4.60. The van der Waals surface area contributed by atoms with Crippen LogP contribution in [-0.4, -0.2) is 10.4 Å². The molecule has 3 heteroatoms. The number of nitrogens with one attached hydrogen (secondary N) is 1. The first-order valence-corrected chi connectivity index (χ1v) is 13.0. The van der Waals surface area contributed by atoms with E-state index in [1.54, 1.807) is 0 Å². The van der Waals surface area contributed by atoms with Gasteiger partial charge in [0.05, 0.1) is 16.8 Å². The van der Waals surface area contributed by atoms with Gasteiger partial charge in [0.1, 0.15) is 0 Å². The van der Waals surface area contributed by atoms with Gasteiger partial charge < -0.3 is 9.88 Å². The predicted molar refractivity (Wildman–Crippen MR) is 156 cm³/mol. The van der Waals surface area contributed by atoms with Crippen LogP contribution in [0.4, 0.5) is 5.69 Å². The van der Waals surface area contributed by atoms with Crippen molar-refractivity contribution >= 4 is 22.4 Å². The van der Waals surface area contributed by atoms with Crippen molar-refractivity contribution < 1.29 is 4.79 Å². The van der Waals surface area contributed by atoms with Crippen LogP contribution in [0, 0.1) is 0 Å². The van der Waals surface area contributed by atoms with Crippen LogP contribution in [0.5, 0.6) is 0 Å². The molecule has 0 atom stereocenters. The predicted octanol–water partition coefficient (Wildman–Crippen LogP) is 8.18. The third-order valence-corrected chi connectivity index (χ3v) is 7.45. The van der Waals surface area contributed by atoms with Gasteiger partial charge in [-0.3, -0.25) is 4.79 Å². The molecule has 1 heterocycles. The molecule has 1 aromatic heterocycles. The minimum Gasteiger partial charge on any atom is -0.380 e. The fourth-order valence-corrected chi connectivity index (χ4v) is 5.76. The number of hydrogen-bond donors (Lipinski definition) is 1. The summed E-state index contributed by atoms with van der Waals surface area (Å²) >= 11 is 0. The molecule has 182 valence electrons. The van der Waals surface area contributed by atoms with Crippen molar-refractivity contribution in [1.29, 1.82) is 0 Å². The molecule has 0 spiro atoms. The zero-order chi connectivity index (χ0) is 25.5. The molecule has 0 fully saturated rings. The first-order valence-electron chi connectivity index (χ1n) is 13.0. The molecule has 0 saturated heterocycles. The van der Waals surface area contributed by atoms with E-state index in [9.17, 15) is 4.79 Å². The van der Waals surface area contributed by atoms with Gasteiger partial charge in [-0.2, -0.15) is 0 Å². The molecule has 3 nitrogen and oxygen atoms in total. The Bertz CT molecular complexity index is 1780. The molecule has 1 aliphatic carbocycles. The second-order valence-corrected chi connectivity index (χ2v) is 9.76. The van der Waals surface area contributed by atoms with E-state index in [-0.39, 0.29) is 5.78 Å². The normalized spacial score (nSPS) is 11.9. The molecule has 1 aliphatic rings. The third kappa shape index (κ3) is 3.63. The number of fused-ring (bicyclic) bond motifs is 2. The maximum Gasteiger partial charge on any atom is 0.196 e. The fraction of sp³-hybridized carbons (Fsp3) is 0.0571. The molecule has 5 aromatic carbocycles. The second kappa shape index (κ2) is 9.20. The number of anilines is 1. The lowest BCUT2D eigenvalue weighted by Gasteiger charge is -2.21. The van der Waals surface area contributed by atoms with E-state index in [0.29, 0.717) is 6.54 Å². The molecule has 0 amide bonds. The van der Waals surface area contributed by atoms with Gasteiger partial charge in [-0.05, 0) is 34.4 Å². The number of rotatable bonds is 6. The fourth-order valence-electron chi connectivity index (χ4n) is 5.76. The van der Waals surface area contributed by atoms with Crippen LogP contribution in [0.25, 0.3) is 33.3 Å². The van der Waals surface area contributed by atoms with Gasteiger partial charge in [-0.15, -0.1) is 0 Å². The molecule has 0 bridgehead atoms. The highest BCUT2D eigenvalue weighted by atomic mass is 16.1. The summed E-state index contributed by atoms with van der Waals surface area (Å²) in [6.07, 6.45) is 0. The van der Waals surface area contributed by atoms with E-state index in [0.717, 1.165) is 56.6 Å². The van der Waals surface area contributed by atoms with Crippen molar-refractivity contribution in [3.8, 4) is 22.4 Å². The Morgan fingerprint density at radius 2 is 1.21 bits per heavy atom. The number of benzene rings is 5. The third-order valence-electron chi connectivity index (χ3n) is 7.45. The second-order valence-electron chi connectivity index (χ2n) is 9.76. The minimum atomic E-state index is 0.0748. The number of aromatic nitrogens is 1. The summed E-state index contributed by atoms with van der Waals surface area (Å²) in [4.78, 5) is 14.1. The van der Waals surface area contributed by atoms with Gasteiger partial charge in [0, 0.05) is 35.3 Å². The number of carbonyl (C=O) groups is 1.